The summed E-state index contributed by atoms with van der Waals surface area (Å²) in [6.45, 7) is 5.47. The summed E-state index contributed by atoms with van der Waals surface area (Å²) in [5.74, 6) is -1.39. The van der Waals surface area contributed by atoms with Crippen molar-refractivity contribution in [2.24, 2.45) is 5.92 Å². The molecule has 0 saturated carbocycles. The zero-order chi connectivity index (χ0) is 18.4. The van der Waals surface area contributed by atoms with Crippen molar-refractivity contribution >= 4 is 23.2 Å². The molecule has 1 N–H and O–H groups in total. The van der Waals surface area contributed by atoms with E-state index in [1.165, 1.54) is 0 Å². The van der Waals surface area contributed by atoms with E-state index in [2.05, 4.69) is 5.32 Å². The van der Waals surface area contributed by atoms with Crippen LogP contribution < -0.4 is 5.32 Å². The Hall–Kier alpha value is -2.75. The maximum absolute atomic E-state index is 12.3. The van der Waals surface area contributed by atoms with E-state index in [9.17, 15) is 14.4 Å². The third kappa shape index (κ3) is 5.11. The number of benzene rings is 2. The lowest BCUT2D eigenvalue weighted by Crippen LogP contribution is -2.23. The predicted molar refractivity (Wildman–Crippen MR) is 98.7 cm³/mol. The zero-order valence-corrected chi connectivity index (χ0v) is 14.8. The van der Waals surface area contributed by atoms with Crippen molar-refractivity contribution in [3.05, 3.63) is 65.2 Å². The minimum absolute atomic E-state index is 0.0520. The molecular weight excluding hydrogens is 314 g/mol. The minimum Gasteiger partial charge on any atom is -0.326 e. The van der Waals surface area contributed by atoms with E-state index in [4.69, 9.17) is 0 Å². The normalized spacial score (nSPS) is 11.6. The summed E-state index contributed by atoms with van der Waals surface area (Å²) in [5, 5.41) is 2.83. The van der Waals surface area contributed by atoms with Crippen LogP contribution in [0.5, 0.6) is 0 Å². The van der Waals surface area contributed by atoms with Crippen LogP contribution in [0.15, 0.2) is 48.5 Å². The molecule has 4 heteroatoms. The van der Waals surface area contributed by atoms with Crippen LogP contribution >= 0.6 is 0 Å². The molecule has 0 heterocycles. The Balaban J connectivity index is 1.89. The van der Waals surface area contributed by atoms with E-state index in [0.717, 1.165) is 16.8 Å². The maximum Gasteiger partial charge on any atom is 0.224 e. The van der Waals surface area contributed by atoms with Gasteiger partial charge in [0.25, 0.3) is 0 Å². The Morgan fingerprint density at radius 2 is 1.64 bits per heavy atom. The summed E-state index contributed by atoms with van der Waals surface area (Å²) in [6, 6.07) is 14.6. The standard InChI is InChI=1S/C21H23NO3/c1-14-9-10-15(2)18(13-14)22-20(24)12-11-19(23)16(3)21(25)17-7-5-4-6-8-17/h4-10,13,16H,11-12H2,1-3H3,(H,22,24)/t16-/m1/s1. The number of carbonyl (C=O) groups is 3. The Bertz CT molecular complexity index is 781. The second-order valence-corrected chi connectivity index (χ2v) is 6.28. The van der Waals surface area contributed by atoms with Gasteiger partial charge in [-0.15, -0.1) is 0 Å². The number of Topliss-reactive ketones (excluding diaryl/α,β-unsaturated/α-hetero) is 2. The smallest absolute Gasteiger partial charge is 0.224 e. The molecule has 0 aliphatic rings. The van der Waals surface area contributed by atoms with E-state index < -0.39 is 5.92 Å². The number of aryl methyl sites for hydroxylation is 2. The number of hydrogen-bond acceptors (Lipinski definition) is 3. The number of anilines is 1. The largest absolute Gasteiger partial charge is 0.326 e. The van der Waals surface area contributed by atoms with Crippen molar-refractivity contribution in [1.29, 1.82) is 0 Å². The molecule has 1 amide bonds. The highest BCUT2D eigenvalue weighted by Gasteiger charge is 2.22. The highest BCUT2D eigenvalue weighted by atomic mass is 16.2. The highest BCUT2D eigenvalue weighted by Crippen LogP contribution is 2.17. The average Bonchev–Trinajstić information content (AvgIpc) is 2.62. The van der Waals surface area contributed by atoms with Crippen LogP contribution in [0.2, 0.25) is 0 Å². The lowest BCUT2D eigenvalue weighted by molar-refractivity contribution is -0.124. The first-order valence-electron chi connectivity index (χ1n) is 8.37. The van der Waals surface area contributed by atoms with Gasteiger partial charge in [-0.2, -0.15) is 0 Å². The minimum atomic E-state index is -0.740. The molecule has 2 aromatic carbocycles. The van der Waals surface area contributed by atoms with Gasteiger partial charge in [0.15, 0.2) is 5.78 Å². The lowest BCUT2D eigenvalue weighted by Gasteiger charge is -2.11. The summed E-state index contributed by atoms with van der Waals surface area (Å²) >= 11 is 0. The number of hydrogen-bond donors (Lipinski definition) is 1. The molecule has 0 saturated heterocycles. The first kappa shape index (κ1) is 18.6. The topological polar surface area (TPSA) is 63.2 Å². The van der Waals surface area contributed by atoms with Gasteiger partial charge in [-0.25, -0.2) is 0 Å². The quantitative estimate of drug-likeness (QED) is 0.611. The predicted octanol–water partition coefficient (Wildman–Crippen LogP) is 4.11. The zero-order valence-electron chi connectivity index (χ0n) is 14.8. The number of rotatable bonds is 7. The van der Waals surface area contributed by atoms with Crippen LogP contribution in [-0.2, 0) is 9.59 Å². The Kier molecular flexibility index (Phi) is 6.23. The van der Waals surface area contributed by atoms with Crippen LogP contribution in [0.1, 0.15) is 41.3 Å². The first-order chi connectivity index (χ1) is 11.9. The van der Waals surface area contributed by atoms with Crippen molar-refractivity contribution in [2.75, 3.05) is 5.32 Å². The molecule has 1 atom stereocenters. The molecule has 130 valence electrons. The fraction of sp³-hybridized carbons (Fsp3) is 0.286. The highest BCUT2D eigenvalue weighted by molar-refractivity contribution is 6.11. The van der Waals surface area contributed by atoms with Crippen molar-refractivity contribution in [3.63, 3.8) is 0 Å². The van der Waals surface area contributed by atoms with Crippen molar-refractivity contribution in [2.45, 2.75) is 33.6 Å². The molecule has 0 aromatic heterocycles. The summed E-state index contributed by atoms with van der Waals surface area (Å²) in [4.78, 5) is 36.6. The van der Waals surface area contributed by atoms with Gasteiger partial charge in [-0.05, 0) is 38.0 Å². The Morgan fingerprint density at radius 1 is 0.960 bits per heavy atom. The van der Waals surface area contributed by atoms with E-state index in [1.807, 2.05) is 38.1 Å². The number of carbonyl (C=O) groups excluding carboxylic acids is 3. The second kappa shape index (κ2) is 8.38. The fourth-order valence-electron chi connectivity index (χ4n) is 2.54. The average molecular weight is 337 g/mol. The Morgan fingerprint density at radius 3 is 2.32 bits per heavy atom. The van der Waals surface area contributed by atoms with Gasteiger partial charge < -0.3 is 5.32 Å². The van der Waals surface area contributed by atoms with Gasteiger partial charge in [0.05, 0.1) is 5.92 Å². The molecule has 2 rings (SSSR count). The molecule has 2 aromatic rings. The molecule has 0 unspecified atom stereocenters. The molecular formula is C21H23NO3. The van der Waals surface area contributed by atoms with Gasteiger partial charge in [0, 0.05) is 24.1 Å². The third-order valence-electron chi connectivity index (χ3n) is 4.20. The SMILES string of the molecule is Cc1ccc(C)c(NC(=O)CCC(=O)[C@@H](C)C(=O)c2ccccc2)c1. The lowest BCUT2D eigenvalue weighted by atomic mass is 9.93. The molecule has 0 radical (unpaired) electrons. The first-order valence-corrected chi connectivity index (χ1v) is 8.37. The summed E-state index contributed by atoms with van der Waals surface area (Å²) in [5.41, 5.74) is 3.30. The van der Waals surface area contributed by atoms with Gasteiger partial charge in [0.1, 0.15) is 5.78 Å². The van der Waals surface area contributed by atoms with Crippen LogP contribution in [0, 0.1) is 19.8 Å². The van der Waals surface area contributed by atoms with Gasteiger partial charge in [0.2, 0.25) is 5.91 Å². The molecule has 0 fully saturated rings. The Labute approximate surface area is 148 Å². The van der Waals surface area contributed by atoms with Crippen LogP contribution in [0.3, 0.4) is 0 Å². The molecule has 0 aliphatic carbocycles. The van der Waals surface area contributed by atoms with E-state index in [-0.39, 0.29) is 30.3 Å². The van der Waals surface area contributed by atoms with Gasteiger partial charge in [-0.3, -0.25) is 14.4 Å². The molecule has 25 heavy (non-hydrogen) atoms. The fourth-order valence-corrected chi connectivity index (χ4v) is 2.54. The van der Waals surface area contributed by atoms with Crippen LogP contribution in [0.25, 0.3) is 0 Å². The van der Waals surface area contributed by atoms with Crippen molar-refractivity contribution in [1.82, 2.24) is 0 Å². The molecule has 0 bridgehead atoms. The number of nitrogens with one attached hydrogen (secondary N) is 1. The number of amides is 1. The van der Waals surface area contributed by atoms with E-state index in [0.29, 0.717) is 5.56 Å². The number of ketones is 2. The summed E-state index contributed by atoms with van der Waals surface area (Å²) < 4.78 is 0. The third-order valence-corrected chi connectivity index (χ3v) is 4.20. The van der Waals surface area contributed by atoms with Crippen LogP contribution in [0.4, 0.5) is 5.69 Å². The molecule has 0 aliphatic heterocycles. The molecule has 4 nitrogen and oxygen atoms in total. The molecule has 0 spiro atoms. The summed E-state index contributed by atoms with van der Waals surface area (Å²) in [7, 11) is 0. The summed E-state index contributed by atoms with van der Waals surface area (Å²) in [6.07, 6.45) is 0.120. The van der Waals surface area contributed by atoms with Crippen molar-refractivity contribution < 1.29 is 14.4 Å². The monoisotopic (exact) mass is 337 g/mol. The maximum atomic E-state index is 12.3. The second-order valence-electron chi connectivity index (χ2n) is 6.28. The van der Waals surface area contributed by atoms with Crippen molar-refractivity contribution in [3.8, 4) is 0 Å². The van der Waals surface area contributed by atoms with E-state index >= 15 is 0 Å². The van der Waals surface area contributed by atoms with Crippen LogP contribution in [-0.4, -0.2) is 17.5 Å². The van der Waals surface area contributed by atoms with Gasteiger partial charge in [-0.1, -0.05) is 42.5 Å². The van der Waals surface area contributed by atoms with Gasteiger partial charge >= 0.3 is 0 Å². The van der Waals surface area contributed by atoms with E-state index in [1.54, 1.807) is 31.2 Å².